The van der Waals surface area contributed by atoms with Crippen molar-refractivity contribution in [2.45, 2.75) is 0 Å². The highest BCUT2D eigenvalue weighted by molar-refractivity contribution is 6.10. The van der Waals surface area contributed by atoms with E-state index in [1.165, 1.54) is 10.6 Å². The van der Waals surface area contributed by atoms with Gasteiger partial charge in [-0.1, -0.05) is 48.5 Å². The highest BCUT2D eigenvalue weighted by Gasteiger charge is 2.23. The summed E-state index contributed by atoms with van der Waals surface area (Å²) in [6.45, 7) is 4.03. The van der Waals surface area contributed by atoms with Crippen molar-refractivity contribution in [3.05, 3.63) is 90.5 Å². The zero-order valence-corrected chi connectivity index (χ0v) is 17.4. The monoisotopic (exact) mass is 415 g/mol. The predicted octanol–water partition coefficient (Wildman–Crippen LogP) is 2.28. The molecule has 1 fully saturated rings. The Morgan fingerprint density at radius 3 is 2.10 bits per heavy atom. The van der Waals surface area contributed by atoms with Crippen LogP contribution in [-0.4, -0.2) is 44.5 Å². The Morgan fingerprint density at radius 2 is 1.39 bits per heavy atom. The fraction of sp³-hybridized carbons (Fsp3) is 0.200. The van der Waals surface area contributed by atoms with E-state index in [9.17, 15) is 9.59 Å². The fourth-order valence-corrected chi connectivity index (χ4v) is 3.83. The first-order chi connectivity index (χ1) is 15.2. The molecule has 1 aliphatic rings. The molecule has 2 amide bonds. The number of para-hydroxylation sites is 3. The van der Waals surface area contributed by atoms with Crippen molar-refractivity contribution in [2.24, 2.45) is 0 Å². The Hall–Kier alpha value is -3.64. The first-order valence-electron chi connectivity index (χ1n) is 10.6. The van der Waals surface area contributed by atoms with Gasteiger partial charge in [0.15, 0.2) is 6.54 Å². The number of benzene rings is 3. The first kappa shape index (κ1) is 20.6. The number of carbonyl (C=O) groups is 2. The van der Waals surface area contributed by atoms with Gasteiger partial charge in [-0.25, -0.2) is 0 Å². The average Bonchev–Trinajstić information content (AvgIpc) is 2.81. The van der Waals surface area contributed by atoms with Gasteiger partial charge in [0, 0.05) is 11.4 Å². The minimum absolute atomic E-state index is 0.0804. The van der Waals surface area contributed by atoms with Gasteiger partial charge in [0.1, 0.15) is 0 Å². The van der Waals surface area contributed by atoms with Crippen LogP contribution in [0.1, 0.15) is 10.4 Å². The van der Waals surface area contributed by atoms with Gasteiger partial charge in [-0.2, -0.15) is 0 Å². The van der Waals surface area contributed by atoms with E-state index in [4.69, 9.17) is 0 Å². The SMILES string of the molecule is O=C(C[NH+]1CCN(c2ccccc2)CC1)Nc1ccccc1C(=O)Nc1ccccc1. The molecule has 3 aromatic rings. The first-order valence-corrected chi connectivity index (χ1v) is 10.6. The van der Waals surface area contributed by atoms with Crippen molar-refractivity contribution < 1.29 is 14.5 Å². The number of piperazine rings is 1. The summed E-state index contributed by atoms with van der Waals surface area (Å²) in [4.78, 5) is 29.0. The number of hydrogen-bond donors (Lipinski definition) is 3. The van der Waals surface area contributed by atoms with Gasteiger partial charge in [-0.3, -0.25) is 9.59 Å². The van der Waals surface area contributed by atoms with Gasteiger partial charge in [0.2, 0.25) is 0 Å². The van der Waals surface area contributed by atoms with Crippen LogP contribution in [0.3, 0.4) is 0 Å². The minimum atomic E-state index is -0.245. The van der Waals surface area contributed by atoms with Crippen molar-refractivity contribution >= 4 is 28.9 Å². The van der Waals surface area contributed by atoms with E-state index in [1.807, 2.05) is 54.6 Å². The molecule has 0 spiro atoms. The van der Waals surface area contributed by atoms with Crippen LogP contribution in [0.25, 0.3) is 0 Å². The summed E-state index contributed by atoms with van der Waals surface area (Å²) < 4.78 is 0. The second-order valence-electron chi connectivity index (χ2n) is 7.66. The maximum atomic E-state index is 12.7. The predicted molar refractivity (Wildman–Crippen MR) is 124 cm³/mol. The topological polar surface area (TPSA) is 65.9 Å². The van der Waals surface area contributed by atoms with Gasteiger partial charge in [-0.15, -0.1) is 0 Å². The molecule has 0 aliphatic carbocycles. The van der Waals surface area contributed by atoms with Crippen LogP contribution in [0.2, 0.25) is 0 Å². The van der Waals surface area contributed by atoms with E-state index in [0.717, 1.165) is 31.9 Å². The zero-order valence-electron chi connectivity index (χ0n) is 17.4. The molecule has 31 heavy (non-hydrogen) atoms. The summed E-state index contributed by atoms with van der Waals surface area (Å²) in [6.07, 6.45) is 0. The largest absolute Gasteiger partial charge is 0.360 e. The second-order valence-corrected chi connectivity index (χ2v) is 7.66. The van der Waals surface area contributed by atoms with Gasteiger partial charge in [-0.05, 0) is 36.4 Å². The molecule has 4 rings (SSSR count). The van der Waals surface area contributed by atoms with E-state index in [1.54, 1.807) is 18.2 Å². The zero-order chi connectivity index (χ0) is 21.5. The van der Waals surface area contributed by atoms with Crippen LogP contribution in [0, 0.1) is 0 Å². The molecule has 0 bridgehead atoms. The summed E-state index contributed by atoms with van der Waals surface area (Å²) in [5.74, 6) is -0.325. The summed E-state index contributed by atoms with van der Waals surface area (Å²) in [6, 6.07) is 26.7. The van der Waals surface area contributed by atoms with Crippen molar-refractivity contribution in [3.8, 4) is 0 Å². The molecule has 0 unspecified atom stereocenters. The van der Waals surface area contributed by atoms with E-state index in [-0.39, 0.29) is 11.8 Å². The highest BCUT2D eigenvalue weighted by Crippen LogP contribution is 2.17. The molecule has 0 radical (unpaired) electrons. The number of amides is 2. The van der Waals surface area contributed by atoms with Crippen molar-refractivity contribution in [2.75, 3.05) is 48.3 Å². The number of anilines is 3. The molecule has 6 heteroatoms. The van der Waals surface area contributed by atoms with Gasteiger partial charge >= 0.3 is 0 Å². The summed E-state index contributed by atoms with van der Waals surface area (Å²) in [5, 5.41) is 5.81. The van der Waals surface area contributed by atoms with Crippen LogP contribution < -0.4 is 20.4 Å². The lowest BCUT2D eigenvalue weighted by Gasteiger charge is -2.33. The summed E-state index contributed by atoms with van der Waals surface area (Å²) >= 11 is 0. The maximum Gasteiger partial charge on any atom is 0.279 e. The molecule has 1 heterocycles. The van der Waals surface area contributed by atoms with Gasteiger partial charge < -0.3 is 20.4 Å². The number of rotatable bonds is 6. The quantitative estimate of drug-likeness (QED) is 0.579. The Labute approximate surface area is 182 Å². The Balaban J connectivity index is 1.33. The third-order valence-corrected chi connectivity index (χ3v) is 5.48. The van der Waals surface area contributed by atoms with E-state index in [0.29, 0.717) is 17.8 Å². The van der Waals surface area contributed by atoms with Crippen LogP contribution in [-0.2, 0) is 4.79 Å². The highest BCUT2D eigenvalue weighted by atomic mass is 16.2. The lowest BCUT2D eigenvalue weighted by Crippen LogP contribution is -3.15. The molecule has 3 N–H and O–H groups in total. The number of carbonyl (C=O) groups excluding carboxylic acids is 2. The smallest absolute Gasteiger partial charge is 0.279 e. The third kappa shape index (κ3) is 5.49. The normalized spacial score (nSPS) is 14.1. The Morgan fingerprint density at radius 1 is 0.774 bits per heavy atom. The number of hydrogen-bond acceptors (Lipinski definition) is 3. The lowest BCUT2D eigenvalue weighted by molar-refractivity contribution is -0.892. The molecule has 6 nitrogen and oxygen atoms in total. The molecular formula is C25H27N4O2+. The van der Waals surface area contributed by atoms with E-state index >= 15 is 0 Å². The van der Waals surface area contributed by atoms with E-state index < -0.39 is 0 Å². The molecule has 0 saturated carbocycles. The van der Waals surface area contributed by atoms with Crippen LogP contribution >= 0.6 is 0 Å². The van der Waals surface area contributed by atoms with Crippen LogP contribution in [0.15, 0.2) is 84.9 Å². The van der Waals surface area contributed by atoms with Crippen LogP contribution in [0.5, 0.6) is 0 Å². The molecule has 1 aliphatic heterocycles. The van der Waals surface area contributed by atoms with Gasteiger partial charge in [0.25, 0.3) is 11.8 Å². The molecule has 0 atom stereocenters. The Kier molecular flexibility index (Phi) is 6.59. The summed E-state index contributed by atoms with van der Waals surface area (Å²) in [7, 11) is 0. The molecule has 158 valence electrons. The number of nitrogens with one attached hydrogen (secondary N) is 3. The third-order valence-electron chi connectivity index (χ3n) is 5.48. The molecule has 1 saturated heterocycles. The fourth-order valence-electron chi connectivity index (χ4n) is 3.83. The second kappa shape index (κ2) is 9.91. The lowest BCUT2D eigenvalue weighted by atomic mass is 10.1. The van der Waals surface area contributed by atoms with Gasteiger partial charge in [0.05, 0.1) is 37.4 Å². The van der Waals surface area contributed by atoms with Crippen molar-refractivity contribution in [3.63, 3.8) is 0 Å². The van der Waals surface area contributed by atoms with Crippen LogP contribution in [0.4, 0.5) is 17.1 Å². The average molecular weight is 416 g/mol. The summed E-state index contributed by atoms with van der Waals surface area (Å²) in [5.41, 5.74) is 2.92. The molecule has 3 aromatic carbocycles. The minimum Gasteiger partial charge on any atom is -0.360 e. The maximum absolute atomic E-state index is 12.7. The number of quaternary nitrogens is 1. The van der Waals surface area contributed by atoms with E-state index in [2.05, 4.69) is 27.7 Å². The van der Waals surface area contributed by atoms with Crippen molar-refractivity contribution in [1.29, 1.82) is 0 Å². The molecular weight excluding hydrogens is 388 g/mol. The number of nitrogens with zero attached hydrogens (tertiary/aromatic N) is 1. The molecule has 0 aromatic heterocycles. The van der Waals surface area contributed by atoms with Crippen molar-refractivity contribution in [1.82, 2.24) is 0 Å². The standard InChI is InChI=1S/C25H26N4O2/c30-24(19-28-15-17-29(18-16-28)21-11-5-2-6-12-21)27-23-14-8-7-13-22(23)25(31)26-20-9-3-1-4-10-20/h1-14H,15-19H2,(H,26,31)(H,27,30)/p+1. The Bertz CT molecular complexity index is 1020.